The van der Waals surface area contributed by atoms with Crippen LogP contribution in [0.1, 0.15) is 11.1 Å². The topological polar surface area (TPSA) is 96.7 Å². The predicted molar refractivity (Wildman–Crippen MR) is 128 cm³/mol. The van der Waals surface area contributed by atoms with Gasteiger partial charge < -0.3 is 39.5 Å². The maximum atomic E-state index is 5.86. The Morgan fingerprint density at radius 3 is 1.52 bits per heavy atom. The molecule has 0 radical (unpaired) electrons. The number of nitrogens with zero attached hydrogens (tertiary/aromatic N) is 1. The molecule has 0 unspecified atom stereocenters. The first-order chi connectivity index (χ1) is 16.0. The van der Waals surface area contributed by atoms with E-state index in [0.29, 0.717) is 54.1 Å². The number of hydrogen-bond donors (Lipinski definition) is 2. The van der Waals surface area contributed by atoms with Crippen LogP contribution in [0.5, 0.6) is 34.5 Å². The van der Waals surface area contributed by atoms with Crippen molar-refractivity contribution >= 4 is 0 Å². The Hall–Kier alpha value is -2.88. The minimum Gasteiger partial charge on any atom is -0.493 e. The van der Waals surface area contributed by atoms with Crippen molar-refractivity contribution in [3.63, 3.8) is 0 Å². The van der Waals surface area contributed by atoms with Gasteiger partial charge in [-0.05, 0) is 35.4 Å². The molecular weight excluding hydrogens is 426 g/mol. The molecule has 0 aliphatic rings. The number of ether oxygens (including phenoxy) is 6. The van der Waals surface area contributed by atoms with Crippen LogP contribution in [0.15, 0.2) is 24.3 Å². The van der Waals surface area contributed by atoms with E-state index in [4.69, 9.17) is 34.2 Å². The van der Waals surface area contributed by atoms with Crippen molar-refractivity contribution in [2.24, 2.45) is 5.73 Å². The molecule has 0 aromatic heterocycles. The van der Waals surface area contributed by atoms with Gasteiger partial charge in [0.05, 0.1) is 42.7 Å². The van der Waals surface area contributed by atoms with Gasteiger partial charge in [0.15, 0.2) is 23.0 Å². The Morgan fingerprint density at radius 1 is 0.667 bits per heavy atom. The van der Waals surface area contributed by atoms with Gasteiger partial charge in [0.25, 0.3) is 0 Å². The van der Waals surface area contributed by atoms with E-state index in [0.717, 1.165) is 30.8 Å². The number of nitrogens with one attached hydrogen (secondary N) is 1. The Bertz CT molecular complexity index is 827. The largest absolute Gasteiger partial charge is 0.493 e. The quantitative estimate of drug-likeness (QED) is 0.386. The van der Waals surface area contributed by atoms with E-state index in [9.17, 15) is 0 Å². The van der Waals surface area contributed by atoms with Crippen molar-refractivity contribution in [3.05, 3.63) is 35.4 Å². The van der Waals surface area contributed by atoms with Gasteiger partial charge >= 0.3 is 0 Å². The van der Waals surface area contributed by atoms with Crippen LogP contribution in [0.4, 0.5) is 0 Å². The molecule has 0 fully saturated rings. The molecular formula is C24H37N3O6. The maximum absolute atomic E-state index is 5.86. The fourth-order valence-electron chi connectivity index (χ4n) is 3.64. The normalized spacial score (nSPS) is 10.8. The summed E-state index contributed by atoms with van der Waals surface area (Å²) >= 11 is 0. The van der Waals surface area contributed by atoms with Crippen molar-refractivity contribution in [2.45, 2.75) is 13.1 Å². The van der Waals surface area contributed by atoms with E-state index in [1.54, 1.807) is 42.7 Å². The van der Waals surface area contributed by atoms with Crippen molar-refractivity contribution in [3.8, 4) is 34.5 Å². The summed E-state index contributed by atoms with van der Waals surface area (Å²) in [6.07, 6.45) is 0. The zero-order chi connectivity index (χ0) is 24.2. The summed E-state index contributed by atoms with van der Waals surface area (Å²) in [6, 6.07) is 7.83. The lowest BCUT2D eigenvalue weighted by atomic mass is 10.1. The molecule has 0 atom stereocenters. The minimum atomic E-state index is 0.567. The molecule has 33 heavy (non-hydrogen) atoms. The van der Waals surface area contributed by atoms with Gasteiger partial charge in [0.2, 0.25) is 11.5 Å². The van der Waals surface area contributed by atoms with Crippen LogP contribution < -0.4 is 39.5 Å². The Labute approximate surface area is 196 Å². The molecule has 0 aliphatic carbocycles. The molecule has 0 bridgehead atoms. The second kappa shape index (κ2) is 13.6. The lowest BCUT2D eigenvalue weighted by Gasteiger charge is -2.23. The number of rotatable bonds is 15. The highest BCUT2D eigenvalue weighted by atomic mass is 16.5. The first kappa shape index (κ1) is 26.4. The van der Waals surface area contributed by atoms with Gasteiger partial charge in [-0.25, -0.2) is 0 Å². The van der Waals surface area contributed by atoms with E-state index in [1.807, 2.05) is 24.3 Å². The lowest BCUT2D eigenvalue weighted by Crippen LogP contribution is -2.35. The molecule has 0 aliphatic heterocycles. The second-order valence-electron chi connectivity index (χ2n) is 7.31. The third kappa shape index (κ3) is 7.05. The average molecular weight is 464 g/mol. The van der Waals surface area contributed by atoms with Gasteiger partial charge in [-0.1, -0.05) is 0 Å². The monoisotopic (exact) mass is 463 g/mol. The molecule has 0 amide bonds. The molecule has 2 rings (SSSR count). The molecule has 2 aromatic rings. The van der Waals surface area contributed by atoms with Crippen LogP contribution in [0.25, 0.3) is 0 Å². The molecule has 0 saturated carbocycles. The first-order valence-corrected chi connectivity index (χ1v) is 10.8. The van der Waals surface area contributed by atoms with Crippen LogP contribution in [-0.4, -0.2) is 73.7 Å². The van der Waals surface area contributed by atoms with Crippen molar-refractivity contribution < 1.29 is 28.4 Å². The zero-order valence-corrected chi connectivity index (χ0v) is 20.5. The number of nitrogens with two attached hydrogens (primary N) is 1. The van der Waals surface area contributed by atoms with Gasteiger partial charge in [0.1, 0.15) is 0 Å². The highest BCUT2D eigenvalue weighted by Gasteiger charge is 2.16. The van der Waals surface area contributed by atoms with Crippen molar-refractivity contribution in [1.29, 1.82) is 0 Å². The summed E-state index contributed by atoms with van der Waals surface area (Å²) in [5, 5.41) is 3.48. The predicted octanol–water partition coefficient (Wildman–Crippen LogP) is 2.29. The van der Waals surface area contributed by atoms with Crippen LogP contribution in [0.3, 0.4) is 0 Å². The summed E-state index contributed by atoms with van der Waals surface area (Å²) in [6.45, 7) is 4.30. The van der Waals surface area contributed by atoms with E-state index < -0.39 is 0 Å². The smallest absolute Gasteiger partial charge is 0.203 e. The zero-order valence-electron chi connectivity index (χ0n) is 20.5. The van der Waals surface area contributed by atoms with E-state index in [1.165, 1.54) is 0 Å². The fourth-order valence-corrected chi connectivity index (χ4v) is 3.64. The standard InChI is InChI=1S/C24H37N3O6/c1-28-19-11-17(12-20(29-2)23(19)32-5)15-26-8-10-27(9-7-25)16-18-13-21(30-3)24(33-6)22(14-18)31-4/h11-14,26H,7-10,15-16,25H2,1-6H3. The van der Waals surface area contributed by atoms with E-state index in [-0.39, 0.29) is 0 Å². The molecule has 184 valence electrons. The van der Waals surface area contributed by atoms with Crippen LogP contribution >= 0.6 is 0 Å². The molecule has 0 spiro atoms. The number of benzene rings is 2. The average Bonchev–Trinajstić information content (AvgIpc) is 2.85. The summed E-state index contributed by atoms with van der Waals surface area (Å²) in [5.74, 6) is 3.73. The van der Waals surface area contributed by atoms with Gasteiger partial charge in [0, 0.05) is 39.3 Å². The molecule has 0 heterocycles. The molecule has 0 saturated heterocycles. The first-order valence-electron chi connectivity index (χ1n) is 10.8. The molecule has 3 N–H and O–H groups in total. The van der Waals surface area contributed by atoms with Crippen molar-refractivity contribution in [1.82, 2.24) is 10.2 Å². The van der Waals surface area contributed by atoms with Crippen LogP contribution in [-0.2, 0) is 13.1 Å². The fraction of sp³-hybridized carbons (Fsp3) is 0.500. The lowest BCUT2D eigenvalue weighted by molar-refractivity contribution is 0.269. The minimum absolute atomic E-state index is 0.567. The highest BCUT2D eigenvalue weighted by molar-refractivity contribution is 5.54. The van der Waals surface area contributed by atoms with Gasteiger partial charge in [-0.3, -0.25) is 4.90 Å². The Morgan fingerprint density at radius 2 is 1.12 bits per heavy atom. The van der Waals surface area contributed by atoms with Crippen molar-refractivity contribution in [2.75, 3.05) is 68.8 Å². The summed E-state index contributed by atoms with van der Waals surface area (Å²) in [5.41, 5.74) is 7.96. The molecule has 9 heteroatoms. The van der Waals surface area contributed by atoms with Crippen LogP contribution in [0.2, 0.25) is 0 Å². The molecule has 9 nitrogen and oxygen atoms in total. The Kier molecular flexibility index (Phi) is 10.9. The summed E-state index contributed by atoms with van der Waals surface area (Å²) < 4.78 is 32.6. The maximum Gasteiger partial charge on any atom is 0.203 e. The highest BCUT2D eigenvalue weighted by Crippen LogP contribution is 2.39. The van der Waals surface area contributed by atoms with Crippen LogP contribution in [0, 0.1) is 0 Å². The second-order valence-corrected chi connectivity index (χ2v) is 7.31. The van der Waals surface area contributed by atoms with E-state index in [2.05, 4.69) is 10.2 Å². The van der Waals surface area contributed by atoms with Gasteiger partial charge in [-0.15, -0.1) is 0 Å². The van der Waals surface area contributed by atoms with Gasteiger partial charge in [-0.2, -0.15) is 0 Å². The number of methoxy groups -OCH3 is 6. The number of hydrogen-bond acceptors (Lipinski definition) is 9. The summed E-state index contributed by atoms with van der Waals surface area (Å²) in [4.78, 5) is 2.28. The Balaban J connectivity index is 2.02. The summed E-state index contributed by atoms with van der Waals surface area (Å²) in [7, 11) is 9.65. The third-order valence-electron chi connectivity index (χ3n) is 5.23. The van der Waals surface area contributed by atoms with E-state index >= 15 is 0 Å². The SMILES string of the molecule is COc1cc(CNCCN(CCN)Cc2cc(OC)c(OC)c(OC)c2)cc(OC)c1OC. The molecule has 2 aromatic carbocycles. The third-order valence-corrected chi connectivity index (χ3v) is 5.23.